The predicted octanol–water partition coefficient (Wildman–Crippen LogP) is 3.64. The van der Waals surface area contributed by atoms with E-state index in [-0.39, 0.29) is 17.1 Å². The summed E-state index contributed by atoms with van der Waals surface area (Å²) in [5.41, 5.74) is 3.44. The lowest BCUT2D eigenvalue weighted by atomic mass is 9.73. The molecule has 0 saturated carbocycles. The van der Waals surface area contributed by atoms with Gasteiger partial charge in [-0.3, -0.25) is 24.5 Å². The first-order valence-electron chi connectivity index (χ1n) is 9.05. The van der Waals surface area contributed by atoms with Gasteiger partial charge in [0.05, 0.1) is 23.3 Å². The molecule has 3 heterocycles. The van der Waals surface area contributed by atoms with Crippen LogP contribution in [0.2, 0.25) is 0 Å². The van der Waals surface area contributed by atoms with E-state index in [2.05, 4.69) is 29.1 Å². The topological polar surface area (TPSA) is 75.2 Å². The Labute approximate surface area is 158 Å². The van der Waals surface area contributed by atoms with Gasteiger partial charge < -0.3 is 5.32 Å². The van der Waals surface area contributed by atoms with Crippen LogP contribution in [0.25, 0.3) is 0 Å². The van der Waals surface area contributed by atoms with Gasteiger partial charge in [-0.2, -0.15) is 0 Å². The van der Waals surface area contributed by atoms with Gasteiger partial charge in [0.1, 0.15) is 6.04 Å². The standard InChI is InChI=1S/C21H22N4O2/c1-13(26)25-17-7-9-22-12-16(17)24-15-10-21(2,3)11-18(27)19(15)20(25)14-6-4-5-8-23-14/h4-9,12,20,24H,10-11H2,1-3H3. The fourth-order valence-electron chi connectivity index (χ4n) is 4.06. The van der Waals surface area contributed by atoms with Crippen LogP contribution < -0.4 is 10.2 Å². The summed E-state index contributed by atoms with van der Waals surface area (Å²) in [6.07, 6.45) is 6.20. The van der Waals surface area contributed by atoms with Crippen LogP contribution in [0.5, 0.6) is 0 Å². The van der Waals surface area contributed by atoms with E-state index in [9.17, 15) is 9.59 Å². The third-order valence-electron chi connectivity index (χ3n) is 5.10. The minimum Gasteiger partial charge on any atom is -0.356 e. The van der Waals surface area contributed by atoms with Crippen molar-refractivity contribution in [2.75, 3.05) is 10.2 Å². The summed E-state index contributed by atoms with van der Waals surface area (Å²) >= 11 is 0. The number of allylic oxidation sites excluding steroid dienone is 1. The molecule has 1 unspecified atom stereocenters. The molecule has 1 amide bonds. The van der Waals surface area contributed by atoms with Crippen molar-refractivity contribution in [3.8, 4) is 0 Å². The minimum atomic E-state index is -0.557. The molecule has 6 heteroatoms. The van der Waals surface area contributed by atoms with Gasteiger partial charge in [0.2, 0.25) is 5.91 Å². The predicted molar refractivity (Wildman–Crippen MR) is 103 cm³/mol. The number of Topliss-reactive ketones (excluding diaryl/α,β-unsaturated/α-hetero) is 1. The average molecular weight is 362 g/mol. The first-order chi connectivity index (χ1) is 12.9. The lowest BCUT2D eigenvalue weighted by Gasteiger charge is -2.36. The zero-order chi connectivity index (χ0) is 19.2. The highest BCUT2D eigenvalue weighted by molar-refractivity contribution is 6.05. The maximum Gasteiger partial charge on any atom is 0.224 e. The van der Waals surface area contributed by atoms with Crippen LogP contribution >= 0.6 is 0 Å². The Kier molecular flexibility index (Phi) is 4.06. The maximum atomic E-state index is 13.2. The van der Waals surface area contributed by atoms with Gasteiger partial charge in [0.15, 0.2) is 5.78 Å². The van der Waals surface area contributed by atoms with Gasteiger partial charge in [-0.05, 0) is 30.0 Å². The van der Waals surface area contributed by atoms with E-state index in [1.807, 2.05) is 18.2 Å². The monoisotopic (exact) mass is 362 g/mol. The first-order valence-corrected chi connectivity index (χ1v) is 9.05. The molecule has 0 fully saturated rings. The van der Waals surface area contributed by atoms with Gasteiger partial charge in [0.25, 0.3) is 0 Å². The molecule has 0 bridgehead atoms. The first kappa shape index (κ1) is 17.4. The lowest BCUT2D eigenvalue weighted by Crippen LogP contribution is -2.38. The van der Waals surface area contributed by atoms with Crippen molar-refractivity contribution < 1.29 is 9.59 Å². The van der Waals surface area contributed by atoms with E-state index in [0.29, 0.717) is 23.4 Å². The number of aromatic nitrogens is 2. The number of hydrogen-bond donors (Lipinski definition) is 1. The van der Waals surface area contributed by atoms with Crippen molar-refractivity contribution in [3.63, 3.8) is 0 Å². The van der Waals surface area contributed by atoms with Crippen molar-refractivity contribution >= 4 is 23.1 Å². The van der Waals surface area contributed by atoms with Gasteiger partial charge in [-0.25, -0.2) is 0 Å². The van der Waals surface area contributed by atoms with Crippen LogP contribution in [-0.2, 0) is 9.59 Å². The molecule has 4 rings (SSSR count). The number of nitrogens with one attached hydrogen (secondary N) is 1. The minimum absolute atomic E-state index is 0.0522. The molecule has 2 aromatic rings. The second-order valence-electron chi connectivity index (χ2n) is 7.90. The second kappa shape index (κ2) is 6.30. The summed E-state index contributed by atoms with van der Waals surface area (Å²) in [4.78, 5) is 36.3. The molecule has 1 N–H and O–H groups in total. The number of carbonyl (C=O) groups is 2. The van der Waals surface area contributed by atoms with Gasteiger partial charge >= 0.3 is 0 Å². The Hall–Kier alpha value is -3.02. The number of carbonyl (C=O) groups excluding carboxylic acids is 2. The zero-order valence-corrected chi connectivity index (χ0v) is 15.7. The van der Waals surface area contributed by atoms with Crippen LogP contribution in [-0.4, -0.2) is 21.7 Å². The number of anilines is 2. The number of amides is 1. The van der Waals surface area contributed by atoms with E-state index in [4.69, 9.17) is 0 Å². The highest BCUT2D eigenvalue weighted by atomic mass is 16.2. The number of nitrogens with zero attached hydrogens (tertiary/aromatic N) is 3. The fourth-order valence-corrected chi connectivity index (χ4v) is 4.06. The van der Waals surface area contributed by atoms with Crippen molar-refractivity contribution in [1.82, 2.24) is 9.97 Å². The Bertz CT molecular complexity index is 950. The van der Waals surface area contributed by atoms with Crippen molar-refractivity contribution in [2.24, 2.45) is 5.41 Å². The molecule has 2 aromatic heterocycles. The SMILES string of the molecule is CC(=O)N1c2ccncc2NC2=C(C(=O)CC(C)(C)C2)C1c1ccccn1. The van der Waals surface area contributed by atoms with Crippen LogP contribution in [0.15, 0.2) is 54.1 Å². The largest absolute Gasteiger partial charge is 0.356 e. The van der Waals surface area contributed by atoms with Gasteiger partial charge in [-0.1, -0.05) is 19.9 Å². The molecule has 6 nitrogen and oxygen atoms in total. The summed E-state index contributed by atoms with van der Waals surface area (Å²) < 4.78 is 0. The number of rotatable bonds is 1. The second-order valence-corrected chi connectivity index (χ2v) is 7.90. The van der Waals surface area contributed by atoms with Gasteiger partial charge in [-0.15, -0.1) is 0 Å². The van der Waals surface area contributed by atoms with E-state index >= 15 is 0 Å². The Morgan fingerprint density at radius 2 is 2.04 bits per heavy atom. The summed E-state index contributed by atoms with van der Waals surface area (Å²) in [6, 6.07) is 6.82. The molecule has 0 saturated heterocycles. The molecule has 138 valence electrons. The summed E-state index contributed by atoms with van der Waals surface area (Å²) in [7, 11) is 0. The molecule has 0 spiro atoms. The average Bonchev–Trinajstić information content (AvgIpc) is 2.75. The molecule has 27 heavy (non-hydrogen) atoms. The van der Waals surface area contributed by atoms with Crippen LogP contribution in [0.1, 0.15) is 45.3 Å². The number of ketones is 1. The molecular formula is C21H22N4O2. The summed E-state index contributed by atoms with van der Waals surface area (Å²) in [5, 5.41) is 3.41. The Morgan fingerprint density at radius 1 is 1.22 bits per heavy atom. The third kappa shape index (κ3) is 3.01. The third-order valence-corrected chi connectivity index (χ3v) is 5.10. The molecule has 1 aliphatic carbocycles. The molecular weight excluding hydrogens is 340 g/mol. The van der Waals surface area contributed by atoms with Gasteiger partial charge in [0, 0.05) is 37.0 Å². The van der Waals surface area contributed by atoms with Crippen LogP contribution in [0.4, 0.5) is 11.4 Å². The Balaban J connectivity index is 2.01. The van der Waals surface area contributed by atoms with E-state index < -0.39 is 6.04 Å². The number of fused-ring (bicyclic) bond motifs is 1. The molecule has 0 radical (unpaired) electrons. The maximum absolute atomic E-state index is 13.2. The van der Waals surface area contributed by atoms with E-state index in [0.717, 1.165) is 17.8 Å². The quantitative estimate of drug-likeness (QED) is 0.838. The van der Waals surface area contributed by atoms with Crippen molar-refractivity contribution in [2.45, 2.75) is 39.7 Å². The van der Waals surface area contributed by atoms with Crippen molar-refractivity contribution in [3.05, 3.63) is 59.8 Å². The Morgan fingerprint density at radius 3 is 2.74 bits per heavy atom. The summed E-state index contributed by atoms with van der Waals surface area (Å²) in [5.74, 6) is -0.0947. The highest BCUT2D eigenvalue weighted by Gasteiger charge is 2.43. The normalized spacial score (nSPS) is 21.1. The van der Waals surface area contributed by atoms with Crippen LogP contribution in [0, 0.1) is 5.41 Å². The van der Waals surface area contributed by atoms with Crippen molar-refractivity contribution in [1.29, 1.82) is 0 Å². The van der Waals surface area contributed by atoms with E-state index in [1.54, 1.807) is 29.6 Å². The summed E-state index contributed by atoms with van der Waals surface area (Å²) in [6.45, 7) is 5.69. The number of pyridine rings is 2. The highest BCUT2D eigenvalue weighted by Crippen LogP contribution is 2.47. The molecule has 1 atom stereocenters. The van der Waals surface area contributed by atoms with Crippen LogP contribution in [0.3, 0.4) is 0 Å². The zero-order valence-electron chi connectivity index (χ0n) is 15.7. The lowest BCUT2D eigenvalue weighted by molar-refractivity contribution is -0.118. The fraction of sp³-hybridized carbons (Fsp3) is 0.333. The van der Waals surface area contributed by atoms with E-state index in [1.165, 1.54) is 6.92 Å². The smallest absolute Gasteiger partial charge is 0.224 e. The molecule has 0 aromatic carbocycles. The number of hydrogen-bond acceptors (Lipinski definition) is 5. The molecule has 1 aliphatic heterocycles. The molecule has 2 aliphatic rings.